The van der Waals surface area contributed by atoms with Gasteiger partial charge in [0.2, 0.25) is 5.91 Å². The number of aromatic nitrogens is 2. The van der Waals surface area contributed by atoms with E-state index in [1.54, 1.807) is 0 Å². The fourth-order valence-corrected chi connectivity index (χ4v) is 3.33. The van der Waals surface area contributed by atoms with Crippen LogP contribution in [0, 0.1) is 13.8 Å². The number of aryl methyl sites for hydroxylation is 1. The van der Waals surface area contributed by atoms with Crippen molar-refractivity contribution in [2.24, 2.45) is 0 Å². The molecule has 0 radical (unpaired) electrons. The summed E-state index contributed by atoms with van der Waals surface area (Å²) < 4.78 is 1.97. The van der Waals surface area contributed by atoms with Crippen molar-refractivity contribution in [3.8, 4) is 0 Å². The highest BCUT2D eigenvalue weighted by Crippen LogP contribution is 2.29. The number of carbonyl (C=O) groups is 1. The predicted octanol–water partition coefficient (Wildman–Crippen LogP) is 2.94. The zero-order valence-electron chi connectivity index (χ0n) is 13.9. The molecule has 0 spiro atoms. The minimum absolute atomic E-state index is 0.0938. The first kappa shape index (κ1) is 16.0. The van der Waals surface area contributed by atoms with Gasteiger partial charge in [0.15, 0.2) is 0 Å². The van der Waals surface area contributed by atoms with Gasteiger partial charge in [-0.1, -0.05) is 13.3 Å². The Balaban J connectivity index is 2.23. The van der Waals surface area contributed by atoms with Crippen LogP contribution in [0.25, 0.3) is 0 Å². The Labute approximate surface area is 127 Å². The molecule has 1 atom stereocenters. The van der Waals surface area contributed by atoms with E-state index in [0.29, 0.717) is 6.04 Å². The lowest BCUT2D eigenvalue weighted by Crippen LogP contribution is -2.50. The number of amides is 1. The highest BCUT2D eigenvalue weighted by Gasteiger charge is 2.40. The molecule has 2 N–H and O–H groups in total. The summed E-state index contributed by atoms with van der Waals surface area (Å²) in [7, 11) is 0. The molecular formula is C16H28N4O. The molecule has 1 amide bonds. The molecule has 0 aliphatic carbocycles. The zero-order valence-corrected chi connectivity index (χ0v) is 13.9. The molecule has 1 aliphatic heterocycles. The van der Waals surface area contributed by atoms with E-state index in [1.165, 1.54) is 0 Å². The molecule has 2 rings (SSSR count). The van der Waals surface area contributed by atoms with Crippen molar-refractivity contribution in [2.45, 2.75) is 71.9 Å². The van der Waals surface area contributed by atoms with Crippen molar-refractivity contribution in [3.63, 3.8) is 0 Å². The van der Waals surface area contributed by atoms with Crippen LogP contribution < -0.4 is 10.6 Å². The predicted molar refractivity (Wildman–Crippen MR) is 85.6 cm³/mol. The van der Waals surface area contributed by atoms with E-state index in [9.17, 15) is 4.79 Å². The number of hydrogen-bond acceptors (Lipinski definition) is 3. The van der Waals surface area contributed by atoms with Gasteiger partial charge in [-0.2, -0.15) is 5.10 Å². The fraction of sp³-hybridized carbons (Fsp3) is 0.750. The highest BCUT2D eigenvalue weighted by atomic mass is 16.2. The van der Waals surface area contributed by atoms with Crippen LogP contribution in [0.15, 0.2) is 0 Å². The van der Waals surface area contributed by atoms with Gasteiger partial charge in [-0.3, -0.25) is 9.48 Å². The third-order valence-corrected chi connectivity index (χ3v) is 4.41. The SMILES string of the molecule is CCCC1(C(=O)Nc2c(C)nn(C(C)C)c2C)CCCN1. The number of nitrogens with one attached hydrogen (secondary N) is 2. The first-order valence-electron chi connectivity index (χ1n) is 8.03. The summed E-state index contributed by atoms with van der Waals surface area (Å²) in [6, 6.07) is 0.295. The van der Waals surface area contributed by atoms with Gasteiger partial charge in [0, 0.05) is 6.04 Å². The molecule has 1 fully saturated rings. The van der Waals surface area contributed by atoms with Crippen molar-refractivity contribution in [1.82, 2.24) is 15.1 Å². The first-order chi connectivity index (χ1) is 9.91. The minimum atomic E-state index is -0.395. The van der Waals surface area contributed by atoms with E-state index in [1.807, 2.05) is 18.5 Å². The maximum Gasteiger partial charge on any atom is 0.244 e. The van der Waals surface area contributed by atoms with E-state index in [-0.39, 0.29) is 5.91 Å². The number of hydrogen-bond donors (Lipinski definition) is 2. The van der Waals surface area contributed by atoms with Crippen LogP contribution in [-0.4, -0.2) is 27.8 Å². The van der Waals surface area contributed by atoms with E-state index >= 15 is 0 Å². The Kier molecular flexibility index (Phi) is 4.71. The number of nitrogens with zero attached hydrogens (tertiary/aromatic N) is 2. The van der Waals surface area contributed by atoms with Gasteiger partial charge in [-0.25, -0.2) is 0 Å². The summed E-state index contributed by atoms with van der Waals surface area (Å²) in [5.74, 6) is 0.0938. The van der Waals surface area contributed by atoms with Gasteiger partial charge in [0.25, 0.3) is 0 Å². The average molecular weight is 292 g/mol. The van der Waals surface area contributed by atoms with Crippen molar-refractivity contribution >= 4 is 11.6 Å². The van der Waals surface area contributed by atoms with Crippen molar-refractivity contribution in [1.29, 1.82) is 0 Å². The van der Waals surface area contributed by atoms with Crippen molar-refractivity contribution < 1.29 is 4.79 Å². The van der Waals surface area contributed by atoms with Crippen molar-refractivity contribution in [2.75, 3.05) is 11.9 Å². The van der Waals surface area contributed by atoms with Gasteiger partial charge in [0.1, 0.15) is 0 Å². The topological polar surface area (TPSA) is 59.0 Å². The molecule has 2 heterocycles. The summed E-state index contributed by atoms with van der Waals surface area (Å²) in [5.41, 5.74) is 2.39. The number of rotatable bonds is 5. The maximum absolute atomic E-state index is 12.8. The molecule has 1 unspecified atom stereocenters. The summed E-state index contributed by atoms with van der Waals surface area (Å²) in [6.45, 7) is 11.2. The van der Waals surface area contributed by atoms with E-state index in [2.05, 4.69) is 36.5 Å². The molecule has 21 heavy (non-hydrogen) atoms. The fourth-order valence-electron chi connectivity index (χ4n) is 3.33. The Hall–Kier alpha value is -1.36. The monoisotopic (exact) mass is 292 g/mol. The second kappa shape index (κ2) is 6.18. The summed E-state index contributed by atoms with van der Waals surface area (Å²) >= 11 is 0. The van der Waals surface area contributed by atoms with Crippen LogP contribution in [-0.2, 0) is 4.79 Å². The summed E-state index contributed by atoms with van der Waals surface area (Å²) in [6.07, 6.45) is 3.87. The van der Waals surface area contributed by atoms with Crippen LogP contribution in [0.4, 0.5) is 5.69 Å². The molecule has 118 valence electrons. The van der Waals surface area contributed by atoms with Crippen LogP contribution in [0.2, 0.25) is 0 Å². The third-order valence-electron chi connectivity index (χ3n) is 4.41. The largest absolute Gasteiger partial charge is 0.321 e. The lowest BCUT2D eigenvalue weighted by molar-refractivity contribution is -0.122. The Morgan fingerprint density at radius 2 is 2.19 bits per heavy atom. The molecule has 0 saturated carbocycles. The van der Waals surface area contributed by atoms with Crippen molar-refractivity contribution in [3.05, 3.63) is 11.4 Å². The molecular weight excluding hydrogens is 264 g/mol. The van der Waals surface area contributed by atoms with Crippen LogP contribution >= 0.6 is 0 Å². The number of carbonyl (C=O) groups excluding carboxylic acids is 1. The molecule has 1 aromatic heterocycles. The van der Waals surface area contributed by atoms with Gasteiger partial charge in [-0.05, 0) is 53.5 Å². The molecule has 1 aromatic rings. The average Bonchev–Trinajstić information content (AvgIpc) is 3.00. The summed E-state index contributed by atoms with van der Waals surface area (Å²) in [5, 5.41) is 11.1. The lowest BCUT2D eigenvalue weighted by atomic mass is 9.90. The van der Waals surface area contributed by atoms with Gasteiger partial charge in [-0.15, -0.1) is 0 Å². The molecule has 1 aliphatic rings. The molecule has 5 nitrogen and oxygen atoms in total. The van der Waals surface area contributed by atoms with Gasteiger partial charge < -0.3 is 10.6 Å². The Bertz CT molecular complexity index is 513. The van der Waals surface area contributed by atoms with Crippen LogP contribution in [0.1, 0.15) is 63.9 Å². The Morgan fingerprint density at radius 1 is 1.48 bits per heavy atom. The smallest absolute Gasteiger partial charge is 0.244 e. The molecule has 1 saturated heterocycles. The molecule has 0 aromatic carbocycles. The Morgan fingerprint density at radius 3 is 2.67 bits per heavy atom. The standard InChI is InChI=1S/C16H28N4O/c1-6-8-16(9-7-10-17-16)15(21)18-14-12(4)19-20(11(2)3)13(14)5/h11,17H,6-10H2,1-5H3,(H,18,21). The molecule has 5 heteroatoms. The highest BCUT2D eigenvalue weighted by molar-refractivity contribution is 5.99. The second-order valence-corrected chi connectivity index (χ2v) is 6.40. The normalized spacial score (nSPS) is 22.0. The molecule has 0 bridgehead atoms. The second-order valence-electron chi connectivity index (χ2n) is 6.40. The maximum atomic E-state index is 12.8. The van der Waals surface area contributed by atoms with Crippen LogP contribution in [0.3, 0.4) is 0 Å². The quantitative estimate of drug-likeness (QED) is 0.877. The van der Waals surface area contributed by atoms with E-state index in [0.717, 1.165) is 49.3 Å². The minimum Gasteiger partial charge on any atom is -0.321 e. The number of anilines is 1. The van der Waals surface area contributed by atoms with Crippen LogP contribution in [0.5, 0.6) is 0 Å². The zero-order chi connectivity index (χ0) is 15.6. The summed E-state index contributed by atoms with van der Waals surface area (Å²) in [4.78, 5) is 12.8. The first-order valence-corrected chi connectivity index (χ1v) is 8.03. The third kappa shape index (κ3) is 2.98. The van der Waals surface area contributed by atoms with E-state index in [4.69, 9.17) is 0 Å². The van der Waals surface area contributed by atoms with E-state index < -0.39 is 5.54 Å². The lowest BCUT2D eigenvalue weighted by Gasteiger charge is -2.28. The van der Waals surface area contributed by atoms with Gasteiger partial charge in [0.05, 0.1) is 22.6 Å². The van der Waals surface area contributed by atoms with Gasteiger partial charge >= 0.3 is 0 Å².